The zero-order chi connectivity index (χ0) is 15.3. The number of unbranched alkanes of at least 4 members (excludes halogenated alkanes) is 1. The molecule has 1 unspecified atom stereocenters. The van der Waals surface area contributed by atoms with Crippen LogP contribution in [0.5, 0.6) is 0 Å². The van der Waals surface area contributed by atoms with E-state index in [9.17, 15) is 0 Å². The first-order valence-electron chi connectivity index (χ1n) is 8.23. The predicted molar refractivity (Wildman–Crippen MR) is 88.8 cm³/mol. The van der Waals surface area contributed by atoms with Crippen molar-refractivity contribution in [2.75, 3.05) is 32.9 Å². The molecule has 1 aromatic rings. The molecule has 0 heterocycles. The third kappa shape index (κ3) is 8.20. The summed E-state index contributed by atoms with van der Waals surface area (Å²) in [4.78, 5) is 0. The standard InChI is InChI=1S/C18H31NO2/c1-4-6-11-20-12-13-21-15-17-7-9-18(10-8-17)16(3)14-19-5-2/h7-10,16,19H,4-6,11-15H2,1-3H3. The average molecular weight is 293 g/mol. The largest absolute Gasteiger partial charge is 0.379 e. The Hall–Kier alpha value is -0.900. The van der Waals surface area contributed by atoms with Gasteiger partial charge in [0.1, 0.15) is 0 Å². The Kier molecular flexibility index (Phi) is 10.1. The molecule has 0 fully saturated rings. The third-order valence-corrected chi connectivity index (χ3v) is 3.53. The molecule has 0 radical (unpaired) electrons. The summed E-state index contributed by atoms with van der Waals surface area (Å²) in [7, 11) is 0. The smallest absolute Gasteiger partial charge is 0.0718 e. The van der Waals surface area contributed by atoms with Crippen molar-refractivity contribution in [1.82, 2.24) is 5.32 Å². The number of hydrogen-bond acceptors (Lipinski definition) is 3. The van der Waals surface area contributed by atoms with Crippen molar-refractivity contribution in [2.45, 2.75) is 46.1 Å². The maximum atomic E-state index is 5.63. The van der Waals surface area contributed by atoms with Gasteiger partial charge in [-0.2, -0.15) is 0 Å². The topological polar surface area (TPSA) is 30.5 Å². The molecule has 0 aliphatic carbocycles. The molecule has 0 saturated carbocycles. The van der Waals surface area contributed by atoms with Gasteiger partial charge in [0, 0.05) is 13.2 Å². The lowest BCUT2D eigenvalue weighted by Gasteiger charge is -2.13. The molecule has 1 N–H and O–H groups in total. The lowest BCUT2D eigenvalue weighted by atomic mass is 10.00. The highest BCUT2D eigenvalue weighted by molar-refractivity contribution is 5.24. The van der Waals surface area contributed by atoms with Crippen LogP contribution in [0.3, 0.4) is 0 Å². The van der Waals surface area contributed by atoms with Gasteiger partial charge in [0.05, 0.1) is 19.8 Å². The first kappa shape index (κ1) is 18.1. The first-order chi connectivity index (χ1) is 10.3. The van der Waals surface area contributed by atoms with Gasteiger partial charge < -0.3 is 14.8 Å². The Morgan fingerprint density at radius 3 is 2.38 bits per heavy atom. The fourth-order valence-corrected chi connectivity index (χ4v) is 2.08. The van der Waals surface area contributed by atoms with E-state index in [0.29, 0.717) is 25.7 Å². The molecule has 120 valence electrons. The molecular weight excluding hydrogens is 262 g/mol. The number of ether oxygens (including phenoxy) is 2. The van der Waals surface area contributed by atoms with Gasteiger partial charge >= 0.3 is 0 Å². The van der Waals surface area contributed by atoms with E-state index in [1.54, 1.807) is 0 Å². The number of rotatable bonds is 12. The molecule has 0 amide bonds. The average Bonchev–Trinajstić information content (AvgIpc) is 2.52. The van der Waals surface area contributed by atoms with E-state index in [2.05, 4.69) is 50.4 Å². The minimum absolute atomic E-state index is 0.548. The van der Waals surface area contributed by atoms with Crippen molar-refractivity contribution in [2.24, 2.45) is 0 Å². The van der Waals surface area contributed by atoms with Gasteiger partial charge in [-0.15, -0.1) is 0 Å². The van der Waals surface area contributed by atoms with Gasteiger partial charge in [-0.3, -0.25) is 0 Å². The van der Waals surface area contributed by atoms with Gasteiger partial charge in [0.25, 0.3) is 0 Å². The summed E-state index contributed by atoms with van der Waals surface area (Å²) in [6.07, 6.45) is 2.31. The Morgan fingerprint density at radius 1 is 1.00 bits per heavy atom. The molecule has 0 aliphatic heterocycles. The lowest BCUT2D eigenvalue weighted by molar-refractivity contribution is 0.0397. The minimum atomic E-state index is 0.548. The molecule has 1 aromatic carbocycles. The van der Waals surface area contributed by atoms with E-state index in [1.165, 1.54) is 17.5 Å². The van der Waals surface area contributed by atoms with Crippen molar-refractivity contribution < 1.29 is 9.47 Å². The van der Waals surface area contributed by atoms with E-state index < -0.39 is 0 Å². The summed E-state index contributed by atoms with van der Waals surface area (Å²) in [5.41, 5.74) is 2.60. The monoisotopic (exact) mass is 293 g/mol. The van der Waals surface area contributed by atoms with Crippen molar-refractivity contribution in [3.05, 3.63) is 35.4 Å². The van der Waals surface area contributed by atoms with Crippen molar-refractivity contribution >= 4 is 0 Å². The zero-order valence-electron chi connectivity index (χ0n) is 13.9. The van der Waals surface area contributed by atoms with Crippen LogP contribution in [0.2, 0.25) is 0 Å². The SMILES string of the molecule is CCCCOCCOCc1ccc(C(C)CNCC)cc1. The highest BCUT2D eigenvalue weighted by Gasteiger charge is 2.04. The van der Waals surface area contributed by atoms with Crippen LogP contribution in [0, 0.1) is 0 Å². The summed E-state index contributed by atoms with van der Waals surface area (Å²) in [5, 5.41) is 3.39. The maximum absolute atomic E-state index is 5.63. The Bertz CT molecular complexity index is 351. The molecular formula is C18H31NO2. The quantitative estimate of drug-likeness (QED) is 0.596. The van der Waals surface area contributed by atoms with Gasteiger partial charge in [0.15, 0.2) is 0 Å². The van der Waals surface area contributed by atoms with Crippen LogP contribution in [0.1, 0.15) is 50.7 Å². The van der Waals surface area contributed by atoms with Crippen molar-refractivity contribution in [1.29, 1.82) is 0 Å². The molecule has 21 heavy (non-hydrogen) atoms. The van der Waals surface area contributed by atoms with E-state index in [1.807, 2.05) is 0 Å². The van der Waals surface area contributed by atoms with Crippen LogP contribution in [0.15, 0.2) is 24.3 Å². The number of likely N-dealkylation sites (N-methyl/N-ethyl adjacent to an activating group) is 1. The van der Waals surface area contributed by atoms with Crippen LogP contribution in [0.25, 0.3) is 0 Å². The molecule has 3 nitrogen and oxygen atoms in total. The highest BCUT2D eigenvalue weighted by Crippen LogP contribution is 2.15. The second-order valence-corrected chi connectivity index (χ2v) is 5.47. The summed E-state index contributed by atoms with van der Waals surface area (Å²) in [6.45, 7) is 11.5. The van der Waals surface area contributed by atoms with Gasteiger partial charge in [-0.1, -0.05) is 51.5 Å². The Balaban J connectivity index is 2.19. The van der Waals surface area contributed by atoms with Crippen molar-refractivity contribution in [3.63, 3.8) is 0 Å². The van der Waals surface area contributed by atoms with E-state index in [-0.39, 0.29) is 0 Å². The molecule has 0 bridgehead atoms. The van der Waals surface area contributed by atoms with E-state index >= 15 is 0 Å². The molecule has 1 atom stereocenters. The Morgan fingerprint density at radius 2 is 1.71 bits per heavy atom. The minimum Gasteiger partial charge on any atom is -0.379 e. The normalized spacial score (nSPS) is 12.5. The molecule has 0 spiro atoms. The predicted octanol–water partition coefficient (Wildman–Crippen LogP) is 3.73. The summed E-state index contributed by atoms with van der Waals surface area (Å²) < 4.78 is 11.1. The summed E-state index contributed by atoms with van der Waals surface area (Å²) in [6, 6.07) is 8.74. The van der Waals surface area contributed by atoms with Crippen LogP contribution in [-0.4, -0.2) is 32.9 Å². The third-order valence-electron chi connectivity index (χ3n) is 3.53. The highest BCUT2D eigenvalue weighted by atomic mass is 16.5. The molecule has 1 rings (SSSR count). The van der Waals surface area contributed by atoms with E-state index in [0.717, 1.165) is 26.1 Å². The molecule has 3 heteroatoms. The Labute approximate surface area is 130 Å². The lowest BCUT2D eigenvalue weighted by Crippen LogP contribution is -2.19. The van der Waals surface area contributed by atoms with Crippen LogP contribution < -0.4 is 5.32 Å². The molecule has 0 saturated heterocycles. The summed E-state index contributed by atoms with van der Waals surface area (Å²) >= 11 is 0. The molecule has 0 aromatic heterocycles. The maximum Gasteiger partial charge on any atom is 0.0718 e. The second-order valence-electron chi connectivity index (χ2n) is 5.47. The number of hydrogen-bond donors (Lipinski definition) is 1. The molecule has 0 aliphatic rings. The zero-order valence-corrected chi connectivity index (χ0v) is 13.9. The van der Waals surface area contributed by atoms with E-state index in [4.69, 9.17) is 9.47 Å². The van der Waals surface area contributed by atoms with Crippen LogP contribution >= 0.6 is 0 Å². The van der Waals surface area contributed by atoms with Crippen LogP contribution in [-0.2, 0) is 16.1 Å². The second kappa shape index (κ2) is 11.7. The van der Waals surface area contributed by atoms with Gasteiger partial charge in [0.2, 0.25) is 0 Å². The van der Waals surface area contributed by atoms with Gasteiger partial charge in [-0.05, 0) is 30.0 Å². The first-order valence-corrected chi connectivity index (χ1v) is 8.23. The number of benzene rings is 1. The van der Waals surface area contributed by atoms with Crippen LogP contribution in [0.4, 0.5) is 0 Å². The van der Waals surface area contributed by atoms with Crippen molar-refractivity contribution in [3.8, 4) is 0 Å². The fourth-order valence-electron chi connectivity index (χ4n) is 2.08. The fraction of sp³-hybridized carbons (Fsp3) is 0.667. The van der Waals surface area contributed by atoms with Gasteiger partial charge in [-0.25, -0.2) is 0 Å². The number of nitrogens with one attached hydrogen (secondary N) is 1. The summed E-state index contributed by atoms with van der Waals surface area (Å²) in [5.74, 6) is 0.548.